The van der Waals surface area contributed by atoms with Gasteiger partial charge in [-0.1, -0.05) is 13.8 Å². The zero-order chi connectivity index (χ0) is 15.5. The Morgan fingerprint density at radius 3 is 2.62 bits per heavy atom. The van der Waals surface area contributed by atoms with Crippen LogP contribution in [0.1, 0.15) is 33.1 Å². The third kappa shape index (κ3) is 4.74. The normalized spacial score (nSPS) is 20.2. The molecule has 0 aromatic heterocycles. The van der Waals surface area contributed by atoms with E-state index >= 15 is 0 Å². The minimum Gasteiger partial charge on any atom is -0.353 e. The molecule has 1 saturated carbocycles. The van der Waals surface area contributed by atoms with E-state index in [0.717, 1.165) is 24.2 Å². The number of carbonyl (C=O) groups excluding carboxylic acids is 1. The third-order valence-electron chi connectivity index (χ3n) is 3.75. The molecule has 1 aliphatic rings. The average molecular weight is 308 g/mol. The number of carbonyl (C=O) groups is 1. The van der Waals surface area contributed by atoms with E-state index in [0.29, 0.717) is 11.2 Å². The van der Waals surface area contributed by atoms with Crippen molar-refractivity contribution in [3.05, 3.63) is 34.4 Å². The van der Waals surface area contributed by atoms with E-state index in [2.05, 4.69) is 19.2 Å². The van der Waals surface area contributed by atoms with Gasteiger partial charge < -0.3 is 5.32 Å². The van der Waals surface area contributed by atoms with E-state index in [1.165, 1.54) is 23.9 Å². The third-order valence-corrected chi connectivity index (χ3v) is 4.76. The van der Waals surface area contributed by atoms with Gasteiger partial charge in [0.1, 0.15) is 0 Å². The van der Waals surface area contributed by atoms with Crippen molar-refractivity contribution in [2.45, 2.75) is 44.0 Å². The average Bonchev–Trinajstić information content (AvgIpc) is 2.76. The summed E-state index contributed by atoms with van der Waals surface area (Å²) in [4.78, 5) is 22.9. The highest BCUT2D eigenvalue weighted by Crippen LogP contribution is 2.36. The van der Waals surface area contributed by atoms with Crippen molar-refractivity contribution in [2.75, 3.05) is 5.75 Å². The van der Waals surface area contributed by atoms with Gasteiger partial charge in [-0.25, -0.2) is 0 Å². The standard InChI is InChI=1S/C15H20N2O3S/c1-15(2)8-7-11(9-15)16-14(18)10-21-13-5-3-12(4-6-13)17(19)20/h3-6,11H,7-10H2,1-2H3,(H,16,18). The second-order valence-corrected chi connectivity index (χ2v) is 7.26. The Bertz CT molecular complexity index is 528. The smallest absolute Gasteiger partial charge is 0.269 e. The first-order valence-electron chi connectivity index (χ1n) is 7.02. The van der Waals surface area contributed by atoms with Crippen LogP contribution in [0.4, 0.5) is 5.69 Å². The van der Waals surface area contributed by atoms with Crippen LogP contribution in [0.5, 0.6) is 0 Å². The Balaban J connectivity index is 1.77. The molecule has 1 aromatic carbocycles. The van der Waals surface area contributed by atoms with E-state index in [1.807, 2.05) is 0 Å². The number of thioether (sulfide) groups is 1. The molecule has 0 saturated heterocycles. The maximum Gasteiger partial charge on any atom is 0.269 e. The maximum atomic E-state index is 11.9. The lowest BCUT2D eigenvalue weighted by Gasteiger charge is -2.17. The van der Waals surface area contributed by atoms with Crippen molar-refractivity contribution in [3.8, 4) is 0 Å². The maximum absolute atomic E-state index is 11.9. The summed E-state index contributed by atoms with van der Waals surface area (Å²) in [5.74, 6) is 0.371. The summed E-state index contributed by atoms with van der Waals surface area (Å²) in [6.07, 6.45) is 3.22. The highest BCUT2D eigenvalue weighted by molar-refractivity contribution is 8.00. The second kappa shape index (κ2) is 6.47. The van der Waals surface area contributed by atoms with Gasteiger partial charge in [-0.15, -0.1) is 11.8 Å². The van der Waals surface area contributed by atoms with Crippen LogP contribution in [0.25, 0.3) is 0 Å². The summed E-state index contributed by atoms with van der Waals surface area (Å²) in [5, 5.41) is 13.6. The van der Waals surface area contributed by atoms with Crippen LogP contribution in [-0.4, -0.2) is 22.6 Å². The van der Waals surface area contributed by atoms with Crippen LogP contribution < -0.4 is 5.32 Å². The first-order valence-corrected chi connectivity index (χ1v) is 8.01. The topological polar surface area (TPSA) is 72.2 Å². The predicted octanol–water partition coefficient (Wildman–Crippen LogP) is 3.38. The molecule has 6 heteroatoms. The lowest BCUT2D eigenvalue weighted by Crippen LogP contribution is -2.34. The molecule has 0 aliphatic heterocycles. The molecule has 0 heterocycles. The number of non-ortho nitro benzene ring substituents is 1. The van der Waals surface area contributed by atoms with Gasteiger partial charge in [0.05, 0.1) is 10.7 Å². The summed E-state index contributed by atoms with van der Waals surface area (Å²) in [5.41, 5.74) is 0.390. The Morgan fingerprint density at radius 1 is 1.43 bits per heavy atom. The number of nitro benzene ring substituents is 1. The van der Waals surface area contributed by atoms with Crippen molar-refractivity contribution in [1.29, 1.82) is 0 Å². The summed E-state index contributed by atoms with van der Waals surface area (Å²) < 4.78 is 0. The zero-order valence-corrected chi connectivity index (χ0v) is 13.1. The first kappa shape index (κ1) is 15.8. The van der Waals surface area contributed by atoms with Gasteiger partial charge in [-0.2, -0.15) is 0 Å². The first-order chi connectivity index (χ1) is 9.85. The molecule has 1 atom stereocenters. The van der Waals surface area contributed by atoms with E-state index in [1.54, 1.807) is 12.1 Å². The highest BCUT2D eigenvalue weighted by Gasteiger charge is 2.31. The van der Waals surface area contributed by atoms with Gasteiger partial charge in [0.15, 0.2) is 0 Å². The van der Waals surface area contributed by atoms with E-state index in [9.17, 15) is 14.9 Å². The summed E-state index contributed by atoms with van der Waals surface area (Å²) in [6, 6.07) is 6.55. The lowest BCUT2D eigenvalue weighted by atomic mass is 9.92. The Kier molecular flexibility index (Phi) is 4.88. The zero-order valence-electron chi connectivity index (χ0n) is 12.3. The van der Waals surface area contributed by atoms with Crippen molar-refractivity contribution in [1.82, 2.24) is 5.32 Å². The molecule has 1 amide bonds. The monoisotopic (exact) mass is 308 g/mol. The van der Waals surface area contributed by atoms with E-state index in [4.69, 9.17) is 0 Å². The minimum atomic E-state index is -0.428. The summed E-state index contributed by atoms with van der Waals surface area (Å²) >= 11 is 1.40. The quantitative estimate of drug-likeness (QED) is 0.514. The lowest BCUT2D eigenvalue weighted by molar-refractivity contribution is -0.384. The van der Waals surface area contributed by atoms with Crippen molar-refractivity contribution >= 4 is 23.4 Å². The minimum absolute atomic E-state index is 0.0288. The number of hydrogen-bond acceptors (Lipinski definition) is 4. The van der Waals surface area contributed by atoms with Crippen LogP contribution >= 0.6 is 11.8 Å². The molecule has 1 N–H and O–H groups in total. The highest BCUT2D eigenvalue weighted by atomic mass is 32.2. The summed E-state index contributed by atoms with van der Waals surface area (Å²) in [6.45, 7) is 4.45. The van der Waals surface area contributed by atoms with E-state index in [-0.39, 0.29) is 17.6 Å². The number of rotatable bonds is 5. The molecule has 0 bridgehead atoms. The molecule has 1 aromatic rings. The SMILES string of the molecule is CC1(C)CCC(NC(=O)CSc2ccc([N+](=O)[O-])cc2)C1. The molecule has 1 fully saturated rings. The molecule has 5 nitrogen and oxygen atoms in total. The molecule has 1 unspecified atom stereocenters. The van der Waals surface area contributed by atoms with Crippen LogP contribution in [0.2, 0.25) is 0 Å². The molecule has 114 valence electrons. The van der Waals surface area contributed by atoms with Gasteiger partial charge in [-0.05, 0) is 36.8 Å². The van der Waals surface area contributed by atoms with Crippen molar-refractivity contribution in [3.63, 3.8) is 0 Å². The summed E-state index contributed by atoms with van der Waals surface area (Å²) in [7, 11) is 0. The Labute approximate surface area is 128 Å². The van der Waals surface area contributed by atoms with Gasteiger partial charge in [0.2, 0.25) is 5.91 Å². The Hall–Kier alpha value is -1.56. The molecule has 21 heavy (non-hydrogen) atoms. The number of nitrogens with one attached hydrogen (secondary N) is 1. The fourth-order valence-electron chi connectivity index (χ4n) is 2.64. The van der Waals surface area contributed by atoms with Gasteiger partial charge in [0.25, 0.3) is 5.69 Å². The Morgan fingerprint density at radius 2 is 2.10 bits per heavy atom. The largest absolute Gasteiger partial charge is 0.353 e. The molecule has 0 spiro atoms. The van der Waals surface area contributed by atoms with Crippen LogP contribution in [0, 0.1) is 15.5 Å². The van der Waals surface area contributed by atoms with Crippen LogP contribution in [-0.2, 0) is 4.79 Å². The second-order valence-electron chi connectivity index (χ2n) is 6.21. The molecule has 1 aliphatic carbocycles. The molecular formula is C15H20N2O3S. The van der Waals surface area contributed by atoms with Gasteiger partial charge in [-0.3, -0.25) is 14.9 Å². The number of amides is 1. The molecule has 2 rings (SSSR count). The van der Waals surface area contributed by atoms with Crippen LogP contribution in [0.15, 0.2) is 29.2 Å². The molecule has 0 radical (unpaired) electrons. The number of hydrogen-bond donors (Lipinski definition) is 1. The fourth-order valence-corrected chi connectivity index (χ4v) is 3.35. The predicted molar refractivity (Wildman–Crippen MR) is 83.4 cm³/mol. The van der Waals surface area contributed by atoms with Crippen LogP contribution in [0.3, 0.4) is 0 Å². The molecular weight excluding hydrogens is 288 g/mol. The van der Waals surface area contributed by atoms with Crippen molar-refractivity contribution < 1.29 is 9.72 Å². The van der Waals surface area contributed by atoms with Crippen molar-refractivity contribution in [2.24, 2.45) is 5.41 Å². The fraction of sp³-hybridized carbons (Fsp3) is 0.533. The number of benzene rings is 1. The van der Waals surface area contributed by atoms with E-state index < -0.39 is 4.92 Å². The number of nitro groups is 1. The van der Waals surface area contributed by atoms with Gasteiger partial charge in [0, 0.05) is 23.1 Å². The van der Waals surface area contributed by atoms with Gasteiger partial charge >= 0.3 is 0 Å². The number of nitrogens with zero attached hydrogens (tertiary/aromatic N) is 1.